The zero-order valence-corrected chi connectivity index (χ0v) is 18.4. The molecule has 0 aromatic carbocycles. The van der Waals surface area contributed by atoms with Gasteiger partial charge in [0.2, 0.25) is 11.8 Å². The topological polar surface area (TPSA) is 70.6 Å². The molecule has 2 N–H and O–H groups in total. The van der Waals surface area contributed by atoms with E-state index in [1.54, 1.807) is 0 Å². The van der Waals surface area contributed by atoms with Crippen LogP contribution in [0.5, 0.6) is 0 Å². The lowest BCUT2D eigenvalue weighted by Gasteiger charge is -2.55. The summed E-state index contributed by atoms with van der Waals surface area (Å²) in [7, 11) is 0. The largest absolute Gasteiger partial charge is 0.352 e. The average Bonchev–Trinajstić information content (AvgIpc) is 2.67. The summed E-state index contributed by atoms with van der Waals surface area (Å²) < 4.78 is 0. The Labute approximate surface area is 180 Å². The first kappa shape index (κ1) is 19.3. The molecule has 0 spiro atoms. The van der Waals surface area contributed by atoms with E-state index in [9.17, 15) is 9.59 Å². The minimum atomic E-state index is -0.179. The van der Waals surface area contributed by atoms with Crippen LogP contribution in [0.3, 0.4) is 0 Å². The van der Waals surface area contributed by atoms with Gasteiger partial charge in [-0.1, -0.05) is 0 Å². The molecule has 164 valence electrons. The maximum Gasteiger partial charge on any atom is 0.246 e. The Morgan fingerprint density at radius 3 is 1.83 bits per heavy atom. The van der Waals surface area contributed by atoms with Crippen molar-refractivity contribution in [3.63, 3.8) is 0 Å². The number of hydrazone groups is 1. The molecule has 0 heterocycles. The summed E-state index contributed by atoms with van der Waals surface area (Å²) in [5.41, 5.74) is 3.41. The van der Waals surface area contributed by atoms with E-state index in [-0.39, 0.29) is 17.2 Å². The molecule has 8 aliphatic rings. The van der Waals surface area contributed by atoms with Gasteiger partial charge >= 0.3 is 0 Å². The third-order valence-corrected chi connectivity index (χ3v) is 9.84. The summed E-state index contributed by atoms with van der Waals surface area (Å²) in [6, 6.07) is 0.375. The molecule has 8 rings (SSSR count). The van der Waals surface area contributed by atoms with E-state index in [1.807, 2.05) is 6.92 Å². The van der Waals surface area contributed by atoms with Crippen LogP contribution in [0.15, 0.2) is 5.10 Å². The van der Waals surface area contributed by atoms with Crippen molar-refractivity contribution in [1.82, 2.24) is 10.7 Å². The van der Waals surface area contributed by atoms with Crippen LogP contribution in [-0.4, -0.2) is 23.6 Å². The zero-order chi connectivity index (χ0) is 20.5. The van der Waals surface area contributed by atoms with Crippen LogP contribution in [0.4, 0.5) is 0 Å². The number of nitrogens with zero attached hydrogens (tertiary/aromatic N) is 1. The molecule has 8 bridgehead atoms. The highest BCUT2D eigenvalue weighted by Crippen LogP contribution is 2.60. The van der Waals surface area contributed by atoms with E-state index < -0.39 is 0 Å². The second-order valence-electron chi connectivity index (χ2n) is 12.2. The van der Waals surface area contributed by atoms with Crippen LogP contribution in [0.2, 0.25) is 0 Å². The molecule has 0 aromatic heterocycles. The Kier molecular flexibility index (Phi) is 4.55. The predicted octanol–water partition coefficient (Wildman–Crippen LogP) is 4.03. The van der Waals surface area contributed by atoms with Gasteiger partial charge in [-0.2, -0.15) is 5.10 Å². The number of rotatable bonds is 5. The number of nitrogens with one attached hydrogen (secondary N) is 2. The van der Waals surface area contributed by atoms with Crippen molar-refractivity contribution in [1.29, 1.82) is 0 Å². The van der Waals surface area contributed by atoms with Crippen molar-refractivity contribution in [3.05, 3.63) is 0 Å². The SMILES string of the molecule is C/C(CC(=O)NC1C2CC3CC(C2)CC1C3)=N\NC(=O)C12CC3CC(CC(C3)C1)C2. The van der Waals surface area contributed by atoms with Gasteiger partial charge in [-0.3, -0.25) is 9.59 Å². The fourth-order valence-electron chi connectivity index (χ4n) is 9.32. The van der Waals surface area contributed by atoms with Crippen molar-refractivity contribution < 1.29 is 9.59 Å². The molecule has 0 radical (unpaired) electrons. The molecule has 2 amide bonds. The average molecular weight is 412 g/mol. The van der Waals surface area contributed by atoms with Crippen LogP contribution in [-0.2, 0) is 9.59 Å². The number of carbonyl (C=O) groups excluding carboxylic acids is 2. The molecule has 8 fully saturated rings. The van der Waals surface area contributed by atoms with E-state index in [2.05, 4.69) is 15.8 Å². The van der Waals surface area contributed by atoms with Gasteiger partial charge in [0.15, 0.2) is 0 Å². The van der Waals surface area contributed by atoms with Crippen molar-refractivity contribution in [2.24, 2.45) is 51.9 Å². The minimum Gasteiger partial charge on any atom is -0.352 e. The summed E-state index contributed by atoms with van der Waals surface area (Å²) in [5.74, 6) is 5.67. The molecule has 0 saturated heterocycles. The third kappa shape index (κ3) is 3.31. The van der Waals surface area contributed by atoms with E-state index in [4.69, 9.17) is 0 Å². The number of hydrogen-bond donors (Lipinski definition) is 2. The first-order valence-electron chi connectivity index (χ1n) is 12.6. The van der Waals surface area contributed by atoms with Gasteiger partial charge in [0.1, 0.15) is 0 Å². The lowest BCUT2D eigenvalue weighted by atomic mass is 9.49. The van der Waals surface area contributed by atoms with Crippen molar-refractivity contribution in [3.8, 4) is 0 Å². The number of carbonyl (C=O) groups is 2. The minimum absolute atomic E-state index is 0.0813. The summed E-state index contributed by atoms with van der Waals surface area (Å²) >= 11 is 0. The Bertz CT molecular complexity index is 709. The number of amides is 2. The normalized spacial score (nSPS) is 48.1. The molecule has 5 heteroatoms. The standard InChI is InChI=1S/C25H37N3O2/c1-14(2-22(29)26-23-20-7-15-3-16(9-20)10-21(23)8-15)27-28-24(30)25-11-17-4-18(12-25)6-19(5-17)13-25/h15-21,23H,2-13H2,1H3,(H,26,29)(H,28,30)/b27-14+. The van der Waals surface area contributed by atoms with E-state index in [0.717, 1.165) is 54.6 Å². The summed E-state index contributed by atoms with van der Waals surface area (Å²) in [6.07, 6.45) is 14.1. The number of hydrogen-bond acceptors (Lipinski definition) is 3. The fraction of sp³-hybridized carbons (Fsp3) is 0.880. The lowest BCUT2D eigenvalue weighted by molar-refractivity contribution is -0.146. The highest BCUT2D eigenvalue weighted by molar-refractivity contribution is 6.00. The van der Waals surface area contributed by atoms with Gasteiger partial charge in [0, 0.05) is 11.8 Å². The predicted molar refractivity (Wildman–Crippen MR) is 115 cm³/mol. The second kappa shape index (κ2) is 7.06. The third-order valence-electron chi connectivity index (χ3n) is 9.84. The lowest BCUT2D eigenvalue weighted by Crippen LogP contribution is -2.56. The van der Waals surface area contributed by atoms with Crippen LogP contribution < -0.4 is 10.7 Å². The maximum absolute atomic E-state index is 13.1. The van der Waals surface area contributed by atoms with Gasteiger partial charge in [0.05, 0.1) is 11.8 Å². The molecule has 0 aliphatic heterocycles. The van der Waals surface area contributed by atoms with Crippen molar-refractivity contribution >= 4 is 17.5 Å². The summed E-state index contributed by atoms with van der Waals surface area (Å²) in [5, 5.41) is 7.72. The second-order valence-corrected chi connectivity index (χ2v) is 12.2. The zero-order valence-electron chi connectivity index (χ0n) is 18.4. The van der Waals surface area contributed by atoms with Crippen LogP contribution in [0.1, 0.15) is 84.0 Å². The molecule has 5 nitrogen and oxygen atoms in total. The Morgan fingerprint density at radius 1 is 0.800 bits per heavy atom. The van der Waals surface area contributed by atoms with Crippen molar-refractivity contribution in [2.75, 3.05) is 0 Å². The first-order valence-corrected chi connectivity index (χ1v) is 12.6. The first-order chi connectivity index (χ1) is 14.5. The van der Waals surface area contributed by atoms with Crippen LogP contribution in [0, 0.1) is 46.8 Å². The van der Waals surface area contributed by atoms with Crippen LogP contribution in [0.25, 0.3) is 0 Å². The summed E-state index contributed by atoms with van der Waals surface area (Å²) in [4.78, 5) is 25.8. The van der Waals surface area contributed by atoms with Crippen molar-refractivity contribution in [2.45, 2.75) is 90.0 Å². The van der Waals surface area contributed by atoms with E-state index in [0.29, 0.717) is 24.3 Å². The molecule has 0 unspecified atom stereocenters. The molecule has 0 atom stereocenters. The monoisotopic (exact) mass is 411 g/mol. The summed E-state index contributed by atoms with van der Waals surface area (Å²) in [6.45, 7) is 1.87. The van der Waals surface area contributed by atoms with Gasteiger partial charge in [-0.25, -0.2) is 5.43 Å². The van der Waals surface area contributed by atoms with Crippen LogP contribution >= 0.6 is 0 Å². The highest BCUT2D eigenvalue weighted by Gasteiger charge is 2.54. The molecule has 0 aromatic rings. The van der Waals surface area contributed by atoms with Gasteiger partial charge in [-0.15, -0.1) is 0 Å². The molecule has 30 heavy (non-hydrogen) atoms. The van der Waals surface area contributed by atoms with Gasteiger partial charge in [-0.05, 0) is 119 Å². The highest BCUT2D eigenvalue weighted by atomic mass is 16.2. The maximum atomic E-state index is 13.1. The van der Waals surface area contributed by atoms with Gasteiger partial charge < -0.3 is 5.32 Å². The Hall–Kier alpha value is -1.39. The Morgan fingerprint density at radius 2 is 1.30 bits per heavy atom. The van der Waals surface area contributed by atoms with E-state index >= 15 is 0 Å². The molecule has 8 saturated carbocycles. The molecule has 8 aliphatic carbocycles. The molecular weight excluding hydrogens is 374 g/mol. The van der Waals surface area contributed by atoms with E-state index in [1.165, 1.54) is 51.4 Å². The Balaban J connectivity index is 1.03. The quantitative estimate of drug-likeness (QED) is 0.530. The smallest absolute Gasteiger partial charge is 0.246 e. The van der Waals surface area contributed by atoms with Gasteiger partial charge in [0.25, 0.3) is 0 Å². The molecular formula is C25H37N3O2. The fourth-order valence-corrected chi connectivity index (χ4v) is 9.32.